The molecule has 3 rings (SSSR count). The third kappa shape index (κ3) is 6.71. The van der Waals surface area contributed by atoms with Crippen LogP contribution in [-0.2, 0) is 31.7 Å². The molecule has 0 saturated carbocycles. The van der Waals surface area contributed by atoms with Crippen molar-refractivity contribution in [3.8, 4) is 5.75 Å². The Bertz CT molecular complexity index is 934. The molecule has 6 nitrogen and oxygen atoms in total. The Hall–Kier alpha value is -2.62. The van der Waals surface area contributed by atoms with Gasteiger partial charge in [-0.1, -0.05) is 31.2 Å². The lowest BCUT2D eigenvalue weighted by molar-refractivity contribution is -0.279. The predicted octanol–water partition coefficient (Wildman–Crippen LogP) is 5.39. The number of hydrogen-bond acceptors (Lipinski definition) is 6. The van der Waals surface area contributed by atoms with Crippen LogP contribution in [0.4, 0.5) is 13.2 Å². The van der Waals surface area contributed by atoms with Gasteiger partial charge in [0.15, 0.2) is 6.29 Å². The Morgan fingerprint density at radius 3 is 2.53 bits per heavy atom. The first-order valence-electron chi connectivity index (χ1n) is 11.2. The standard InChI is InChI=1S/C25H29F3O6/c1-4-22-32-15-21(23(34-22)16(3)33-24(29)18-9-7-6-8-10-18)31-14-17-11-12-19(25(26,27)28)20(13-17)30-5-2/h6-13,16,21-23H,4-5,14-15H2,1-3H3/t16?,21-,22+,23+/m0/s1. The molecule has 1 fully saturated rings. The summed E-state index contributed by atoms with van der Waals surface area (Å²) >= 11 is 0. The Labute approximate surface area is 196 Å². The fraction of sp³-hybridized carbons (Fsp3) is 0.480. The van der Waals surface area contributed by atoms with Crippen molar-refractivity contribution in [3.63, 3.8) is 0 Å². The minimum Gasteiger partial charge on any atom is -0.493 e. The first-order chi connectivity index (χ1) is 16.2. The third-order valence-corrected chi connectivity index (χ3v) is 5.34. The molecule has 0 radical (unpaired) electrons. The minimum atomic E-state index is -4.52. The van der Waals surface area contributed by atoms with Gasteiger partial charge >= 0.3 is 12.1 Å². The van der Waals surface area contributed by atoms with E-state index in [0.29, 0.717) is 17.5 Å². The second-order valence-corrected chi connectivity index (χ2v) is 7.86. The van der Waals surface area contributed by atoms with Crippen LogP contribution in [0, 0.1) is 0 Å². The number of hydrogen-bond donors (Lipinski definition) is 0. The van der Waals surface area contributed by atoms with Crippen LogP contribution in [0.3, 0.4) is 0 Å². The molecule has 34 heavy (non-hydrogen) atoms. The summed E-state index contributed by atoms with van der Waals surface area (Å²) in [6.07, 6.45) is -6.26. The summed E-state index contributed by atoms with van der Waals surface area (Å²) in [4.78, 5) is 12.5. The van der Waals surface area contributed by atoms with E-state index in [0.717, 1.165) is 6.07 Å². The highest BCUT2D eigenvalue weighted by Gasteiger charge is 2.38. The van der Waals surface area contributed by atoms with Crippen molar-refractivity contribution in [3.05, 3.63) is 65.2 Å². The number of esters is 1. The van der Waals surface area contributed by atoms with E-state index in [1.54, 1.807) is 44.2 Å². The maximum Gasteiger partial charge on any atom is 0.419 e. The molecule has 1 aliphatic heterocycles. The van der Waals surface area contributed by atoms with Crippen LogP contribution in [0.1, 0.15) is 48.7 Å². The lowest BCUT2D eigenvalue weighted by Gasteiger charge is -2.38. The smallest absolute Gasteiger partial charge is 0.419 e. The van der Waals surface area contributed by atoms with E-state index in [2.05, 4.69) is 0 Å². The molecule has 4 atom stereocenters. The second kappa shape index (κ2) is 11.7. The van der Waals surface area contributed by atoms with Crippen molar-refractivity contribution in [2.45, 2.75) is 64.6 Å². The summed E-state index contributed by atoms with van der Waals surface area (Å²) in [6.45, 7) is 5.53. The van der Waals surface area contributed by atoms with E-state index in [9.17, 15) is 18.0 Å². The van der Waals surface area contributed by atoms with E-state index in [1.165, 1.54) is 12.1 Å². The van der Waals surface area contributed by atoms with Gasteiger partial charge in [0, 0.05) is 0 Å². The fourth-order valence-electron chi connectivity index (χ4n) is 3.62. The molecular weight excluding hydrogens is 453 g/mol. The number of carbonyl (C=O) groups is 1. The molecule has 0 aliphatic carbocycles. The van der Waals surface area contributed by atoms with E-state index in [-0.39, 0.29) is 25.6 Å². The fourth-order valence-corrected chi connectivity index (χ4v) is 3.62. The van der Waals surface area contributed by atoms with Gasteiger partial charge in [0.1, 0.15) is 24.1 Å². The topological polar surface area (TPSA) is 63.2 Å². The summed E-state index contributed by atoms with van der Waals surface area (Å²) in [5.74, 6) is -0.737. The Kier molecular flexibility index (Phi) is 8.93. The Balaban J connectivity index is 1.70. The minimum absolute atomic E-state index is 0.00222. The van der Waals surface area contributed by atoms with Gasteiger partial charge in [0.25, 0.3) is 0 Å². The van der Waals surface area contributed by atoms with E-state index >= 15 is 0 Å². The average Bonchev–Trinajstić information content (AvgIpc) is 2.82. The molecule has 0 aromatic heterocycles. The molecule has 9 heteroatoms. The van der Waals surface area contributed by atoms with Gasteiger partial charge in [-0.05, 0) is 50.1 Å². The zero-order valence-electron chi connectivity index (χ0n) is 19.3. The number of halogens is 3. The van der Waals surface area contributed by atoms with Crippen molar-refractivity contribution in [2.24, 2.45) is 0 Å². The van der Waals surface area contributed by atoms with Gasteiger partial charge in [0.05, 0.1) is 30.9 Å². The monoisotopic (exact) mass is 482 g/mol. The van der Waals surface area contributed by atoms with Gasteiger partial charge in [-0.15, -0.1) is 0 Å². The molecule has 186 valence electrons. The first kappa shape index (κ1) is 26.0. The number of alkyl halides is 3. The van der Waals surface area contributed by atoms with Crippen molar-refractivity contribution in [2.75, 3.05) is 13.2 Å². The van der Waals surface area contributed by atoms with Crippen LogP contribution in [0.5, 0.6) is 5.75 Å². The largest absolute Gasteiger partial charge is 0.493 e. The van der Waals surface area contributed by atoms with Crippen LogP contribution in [0.2, 0.25) is 0 Å². The molecule has 1 aliphatic rings. The predicted molar refractivity (Wildman–Crippen MR) is 117 cm³/mol. The highest BCUT2D eigenvalue weighted by atomic mass is 19.4. The summed E-state index contributed by atoms with van der Waals surface area (Å²) in [5.41, 5.74) is 0.0772. The molecule has 0 amide bonds. The first-order valence-corrected chi connectivity index (χ1v) is 11.2. The van der Waals surface area contributed by atoms with E-state index < -0.39 is 42.3 Å². The van der Waals surface area contributed by atoms with Crippen LogP contribution >= 0.6 is 0 Å². The zero-order chi connectivity index (χ0) is 24.7. The molecule has 0 bridgehead atoms. The molecule has 1 unspecified atom stereocenters. The number of ether oxygens (including phenoxy) is 5. The highest BCUT2D eigenvalue weighted by molar-refractivity contribution is 5.89. The van der Waals surface area contributed by atoms with Crippen molar-refractivity contribution in [1.82, 2.24) is 0 Å². The zero-order valence-corrected chi connectivity index (χ0v) is 19.3. The molecule has 2 aromatic rings. The number of benzene rings is 2. The van der Waals surface area contributed by atoms with Crippen LogP contribution in [0.25, 0.3) is 0 Å². The lowest BCUT2D eigenvalue weighted by Crippen LogP contribution is -2.51. The van der Waals surface area contributed by atoms with E-state index in [4.69, 9.17) is 23.7 Å². The summed E-state index contributed by atoms with van der Waals surface area (Å²) in [6, 6.07) is 12.2. The van der Waals surface area contributed by atoms with Crippen LogP contribution < -0.4 is 4.74 Å². The van der Waals surface area contributed by atoms with Gasteiger partial charge < -0.3 is 23.7 Å². The number of carbonyl (C=O) groups excluding carboxylic acids is 1. The summed E-state index contributed by atoms with van der Waals surface area (Å²) in [7, 11) is 0. The van der Waals surface area contributed by atoms with Crippen molar-refractivity contribution < 1.29 is 41.7 Å². The third-order valence-electron chi connectivity index (χ3n) is 5.34. The molecule has 2 aromatic carbocycles. The highest BCUT2D eigenvalue weighted by Crippen LogP contribution is 2.37. The Morgan fingerprint density at radius 1 is 1.15 bits per heavy atom. The quantitative estimate of drug-likeness (QED) is 0.447. The SMILES string of the molecule is CCOc1cc(CO[C@H]2CO[C@@H](CC)O[C@@H]2C(C)OC(=O)c2ccccc2)ccc1C(F)(F)F. The van der Waals surface area contributed by atoms with Crippen LogP contribution in [-0.4, -0.2) is 43.8 Å². The summed E-state index contributed by atoms with van der Waals surface area (Å²) in [5, 5.41) is 0. The summed E-state index contributed by atoms with van der Waals surface area (Å²) < 4.78 is 68.1. The average molecular weight is 482 g/mol. The van der Waals surface area contributed by atoms with Gasteiger partial charge in [0.2, 0.25) is 0 Å². The molecule has 1 heterocycles. The maximum atomic E-state index is 13.2. The van der Waals surface area contributed by atoms with E-state index in [1.807, 2.05) is 6.92 Å². The number of rotatable bonds is 9. The molecule has 0 spiro atoms. The Morgan fingerprint density at radius 2 is 1.88 bits per heavy atom. The lowest BCUT2D eigenvalue weighted by atomic mass is 10.1. The maximum absolute atomic E-state index is 13.2. The van der Waals surface area contributed by atoms with Gasteiger partial charge in [-0.2, -0.15) is 13.2 Å². The normalized spacial score (nSPS) is 21.6. The van der Waals surface area contributed by atoms with Gasteiger partial charge in [-0.3, -0.25) is 0 Å². The van der Waals surface area contributed by atoms with Crippen LogP contribution in [0.15, 0.2) is 48.5 Å². The molecule has 1 saturated heterocycles. The van der Waals surface area contributed by atoms with Crippen molar-refractivity contribution in [1.29, 1.82) is 0 Å². The second-order valence-electron chi connectivity index (χ2n) is 7.86. The molecular formula is C25H29F3O6. The van der Waals surface area contributed by atoms with Crippen molar-refractivity contribution >= 4 is 5.97 Å². The molecule has 0 N–H and O–H groups in total. The van der Waals surface area contributed by atoms with Gasteiger partial charge in [-0.25, -0.2) is 4.79 Å².